The minimum Gasteiger partial charge on any atom is -0.389 e. The fraction of sp³-hybridized carbons (Fsp3) is 0.600. The van der Waals surface area contributed by atoms with Crippen LogP contribution in [0.4, 0.5) is 5.69 Å². The number of aliphatic hydroxyl groups is 1. The van der Waals surface area contributed by atoms with Crippen LogP contribution >= 0.6 is 0 Å². The van der Waals surface area contributed by atoms with Crippen LogP contribution in [0.3, 0.4) is 0 Å². The predicted octanol–water partition coefficient (Wildman–Crippen LogP) is 2.27. The molecule has 0 aliphatic carbocycles. The number of anilines is 1. The van der Waals surface area contributed by atoms with Gasteiger partial charge < -0.3 is 14.9 Å². The van der Waals surface area contributed by atoms with Crippen molar-refractivity contribution in [2.24, 2.45) is 0 Å². The van der Waals surface area contributed by atoms with Gasteiger partial charge in [0, 0.05) is 31.4 Å². The average Bonchev–Trinajstić information content (AvgIpc) is 2.89. The van der Waals surface area contributed by atoms with Crippen molar-refractivity contribution in [1.82, 2.24) is 4.90 Å². The van der Waals surface area contributed by atoms with E-state index >= 15 is 0 Å². The second-order valence-corrected chi connectivity index (χ2v) is 5.21. The zero-order chi connectivity index (χ0) is 13.0. The first-order valence-electron chi connectivity index (χ1n) is 6.89. The lowest BCUT2D eigenvalue weighted by Crippen LogP contribution is -2.31. The third-order valence-corrected chi connectivity index (χ3v) is 3.75. The van der Waals surface area contributed by atoms with Crippen LogP contribution in [0.5, 0.6) is 0 Å². The third kappa shape index (κ3) is 3.24. The molecule has 1 unspecified atom stereocenters. The summed E-state index contributed by atoms with van der Waals surface area (Å²) in [5.74, 6) is 0. The molecule has 18 heavy (non-hydrogen) atoms. The molecule has 1 heterocycles. The monoisotopic (exact) mass is 248 g/mol. The number of benzene rings is 1. The zero-order valence-corrected chi connectivity index (χ0v) is 11.5. The van der Waals surface area contributed by atoms with E-state index in [4.69, 9.17) is 0 Å². The molecular weight excluding hydrogens is 224 g/mol. The Labute approximate surface area is 110 Å². The summed E-state index contributed by atoms with van der Waals surface area (Å²) in [6.45, 7) is 6.44. The van der Waals surface area contributed by atoms with Gasteiger partial charge in [-0.3, -0.25) is 0 Å². The Kier molecular flexibility index (Phi) is 4.61. The predicted molar refractivity (Wildman–Crippen MR) is 76.0 cm³/mol. The van der Waals surface area contributed by atoms with Gasteiger partial charge in [0.2, 0.25) is 0 Å². The molecule has 0 radical (unpaired) electrons. The summed E-state index contributed by atoms with van der Waals surface area (Å²) in [7, 11) is 2.11. The van der Waals surface area contributed by atoms with Crippen molar-refractivity contribution in [3.63, 3.8) is 0 Å². The van der Waals surface area contributed by atoms with Crippen molar-refractivity contribution in [2.45, 2.75) is 25.9 Å². The molecule has 1 aromatic carbocycles. The molecule has 1 saturated heterocycles. The maximum absolute atomic E-state index is 9.80. The molecule has 1 atom stereocenters. The first kappa shape index (κ1) is 13.4. The van der Waals surface area contributed by atoms with E-state index in [2.05, 4.69) is 22.9 Å². The molecule has 0 amide bonds. The lowest BCUT2D eigenvalue weighted by Gasteiger charge is -2.26. The minimum atomic E-state index is -0.407. The van der Waals surface area contributed by atoms with Gasteiger partial charge >= 0.3 is 0 Å². The molecule has 1 aliphatic heterocycles. The second-order valence-electron chi connectivity index (χ2n) is 5.21. The molecule has 0 aromatic heterocycles. The Morgan fingerprint density at radius 1 is 1.28 bits per heavy atom. The van der Waals surface area contributed by atoms with E-state index in [9.17, 15) is 5.11 Å². The van der Waals surface area contributed by atoms with Crippen LogP contribution in [0.1, 0.15) is 31.4 Å². The first-order valence-corrected chi connectivity index (χ1v) is 6.89. The number of nitrogens with zero attached hydrogens (tertiary/aromatic N) is 2. The highest BCUT2D eigenvalue weighted by Gasteiger charge is 2.14. The highest BCUT2D eigenvalue weighted by molar-refractivity contribution is 5.53. The number of para-hydroxylation sites is 1. The van der Waals surface area contributed by atoms with Gasteiger partial charge in [-0.2, -0.15) is 0 Å². The number of likely N-dealkylation sites (N-methyl/N-ethyl adjacent to an activating group) is 1. The van der Waals surface area contributed by atoms with Gasteiger partial charge in [0.1, 0.15) is 0 Å². The molecule has 100 valence electrons. The molecular formula is C15H24N2O. The van der Waals surface area contributed by atoms with Gasteiger partial charge in [0.25, 0.3) is 0 Å². The molecule has 2 rings (SSSR count). The Balaban J connectivity index is 1.97. The van der Waals surface area contributed by atoms with E-state index in [0.29, 0.717) is 0 Å². The number of hydrogen-bond donors (Lipinski definition) is 1. The van der Waals surface area contributed by atoms with E-state index < -0.39 is 6.10 Å². The smallest absolute Gasteiger partial charge is 0.0781 e. The van der Waals surface area contributed by atoms with Crippen molar-refractivity contribution < 1.29 is 5.11 Å². The van der Waals surface area contributed by atoms with Crippen molar-refractivity contribution in [2.75, 3.05) is 38.1 Å². The van der Waals surface area contributed by atoms with Gasteiger partial charge in [0.15, 0.2) is 0 Å². The number of rotatable bonds is 5. The Bertz CT molecular complexity index is 373. The van der Waals surface area contributed by atoms with E-state index in [1.165, 1.54) is 25.9 Å². The van der Waals surface area contributed by atoms with E-state index in [0.717, 1.165) is 24.3 Å². The van der Waals surface area contributed by atoms with E-state index in [-0.39, 0.29) is 0 Å². The van der Waals surface area contributed by atoms with Crippen LogP contribution in [0.15, 0.2) is 24.3 Å². The first-order chi connectivity index (χ1) is 8.68. The molecule has 0 saturated carbocycles. The molecule has 1 N–H and O–H groups in total. The zero-order valence-electron chi connectivity index (χ0n) is 11.5. The van der Waals surface area contributed by atoms with Crippen molar-refractivity contribution >= 4 is 5.69 Å². The third-order valence-electron chi connectivity index (χ3n) is 3.75. The molecule has 3 nitrogen and oxygen atoms in total. The van der Waals surface area contributed by atoms with Gasteiger partial charge in [-0.15, -0.1) is 0 Å². The van der Waals surface area contributed by atoms with Crippen LogP contribution < -0.4 is 4.90 Å². The van der Waals surface area contributed by atoms with E-state index in [1.54, 1.807) is 0 Å². The summed E-state index contributed by atoms with van der Waals surface area (Å²) in [6, 6.07) is 8.12. The Hall–Kier alpha value is -1.06. The molecule has 1 aliphatic rings. The fourth-order valence-electron chi connectivity index (χ4n) is 2.61. The SMILES string of the molecule is CC(O)c1ccccc1N(C)CCN1CCCC1. The van der Waals surface area contributed by atoms with Crippen molar-refractivity contribution in [3.05, 3.63) is 29.8 Å². The normalized spacial score (nSPS) is 17.9. The Morgan fingerprint density at radius 3 is 2.61 bits per heavy atom. The maximum Gasteiger partial charge on any atom is 0.0781 e. The fourth-order valence-corrected chi connectivity index (χ4v) is 2.61. The minimum absolute atomic E-state index is 0.407. The van der Waals surface area contributed by atoms with Gasteiger partial charge in [0.05, 0.1) is 6.10 Å². The highest BCUT2D eigenvalue weighted by Crippen LogP contribution is 2.25. The molecule has 3 heteroatoms. The average molecular weight is 248 g/mol. The molecule has 1 fully saturated rings. The van der Waals surface area contributed by atoms with E-state index in [1.807, 2.05) is 25.1 Å². The summed E-state index contributed by atoms with van der Waals surface area (Å²) in [5, 5.41) is 9.80. The lowest BCUT2D eigenvalue weighted by atomic mass is 10.1. The van der Waals surface area contributed by atoms with Crippen molar-refractivity contribution in [1.29, 1.82) is 0 Å². The summed E-state index contributed by atoms with van der Waals surface area (Å²) < 4.78 is 0. The van der Waals surface area contributed by atoms with Gasteiger partial charge in [-0.05, 0) is 38.9 Å². The number of hydrogen-bond acceptors (Lipinski definition) is 3. The van der Waals surface area contributed by atoms with Crippen LogP contribution in [-0.2, 0) is 0 Å². The molecule has 0 spiro atoms. The van der Waals surface area contributed by atoms with Crippen LogP contribution in [0.25, 0.3) is 0 Å². The number of aliphatic hydroxyl groups excluding tert-OH is 1. The maximum atomic E-state index is 9.80. The van der Waals surface area contributed by atoms with Gasteiger partial charge in [-0.1, -0.05) is 18.2 Å². The quantitative estimate of drug-likeness (QED) is 0.866. The summed E-state index contributed by atoms with van der Waals surface area (Å²) in [5.41, 5.74) is 2.16. The standard InChI is InChI=1S/C15H24N2O/c1-13(18)14-7-3-4-8-15(14)16(2)11-12-17-9-5-6-10-17/h3-4,7-8,13,18H,5-6,9-12H2,1-2H3. The summed E-state index contributed by atoms with van der Waals surface area (Å²) in [6.07, 6.45) is 2.28. The van der Waals surface area contributed by atoms with Crippen LogP contribution in [-0.4, -0.2) is 43.2 Å². The second kappa shape index (κ2) is 6.21. The van der Waals surface area contributed by atoms with Crippen LogP contribution in [0, 0.1) is 0 Å². The Morgan fingerprint density at radius 2 is 1.94 bits per heavy atom. The van der Waals surface area contributed by atoms with Gasteiger partial charge in [-0.25, -0.2) is 0 Å². The molecule has 0 bridgehead atoms. The molecule has 1 aromatic rings. The summed E-state index contributed by atoms with van der Waals surface area (Å²) >= 11 is 0. The highest BCUT2D eigenvalue weighted by atomic mass is 16.3. The topological polar surface area (TPSA) is 26.7 Å². The van der Waals surface area contributed by atoms with Crippen LogP contribution in [0.2, 0.25) is 0 Å². The number of likely N-dealkylation sites (tertiary alicyclic amines) is 1. The largest absolute Gasteiger partial charge is 0.389 e. The lowest BCUT2D eigenvalue weighted by molar-refractivity contribution is 0.199. The summed E-state index contributed by atoms with van der Waals surface area (Å²) in [4.78, 5) is 4.77. The van der Waals surface area contributed by atoms with Crippen molar-refractivity contribution in [3.8, 4) is 0 Å².